The summed E-state index contributed by atoms with van der Waals surface area (Å²) in [5.41, 5.74) is 2.33. The van der Waals surface area contributed by atoms with E-state index in [1.54, 1.807) is 6.20 Å². The van der Waals surface area contributed by atoms with Crippen molar-refractivity contribution in [1.82, 2.24) is 4.98 Å². The molecule has 1 amide bonds. The third-order valence-electron chi connectivity index (χ3n) is 7.39. The van der Waals surface area contributed by atoms with Crippen LogP contribution >= 0.6 is 11.6 Å². The van der Waals surface area contributed by atoms with Crippen molar-refractivity contribution < 1.29 is 9.90 Å². The van der Waals surface area contributed by atoms with Gasteiger partial charge in [0.2, 0.25) is 5.91 Å². The van der Waals surface area contributed by atoms with Crippen molar-refractivity contribution in [3.63, 3.8) is 0 Å². The van der Waals surface area contributed by atoms with E-state index in [2.05, 4.69) is 17.2 Å². The number of aliphatic hydroxyl groups is 1. The highest BCUT2D eigenvalue weighted by molar-refractivity contribution is 6.33. The molecule has 0 radical (unpaired) electrons. The first-order valence-corrected chi connectivity index (χ1v) is 11.5. The summed E-state index contributed by atoms with van der Waals surface area (Å²) in [7, 11) is 0. The van der Waals surface area contributed by atoms with Crippen LogP contribution in [0.4, 0.5) is 5.69 Å². The largest absolute Gasteiger partial charge is 0.393 e. The normalized spacial score (nSPS) is 29.7. The molecule has 2 aliphatic rings. The summed E-state index contributed by atoms with van der Waals surface area (Å²) in [6, 6.07) is 11.2. The molecular weight excluding hydrogens is 396 g/mol. The summed E-state index contributed by atoms with van der Waals surface area (Å²) in [6.07, 6.45) is 6.57. The fraction of sp³-hybridized carbons (Fsp3) is 0.520. The number of aliphatic hydroxyl groups excluding tert-OH is 1. The highest BCUT2D eigenvalue weighted by atomic mass is 35.5. The van der Waals surface area contributed by atoms with Crippen LogP contribution in [0.1, 0.15) is 46.0 Å². The standard InChI is InChI=1S/C25H31ClN2O2/c1-15-6-9-20(21-14-18(29)8-10-19(15)21)16(2)25(30)28-17-7-11-23(26)22(13-17)24-5-3-4-12-27-24/h3-5,7,11-13,15-16,18-21,29H,6,8-10,14H2,1-2H3,(H,28,30)/t15-,16-,18?,19+,20+,21+/m1/s1. The van der Waals surface area contributed by atoms with Crippen LogP contribution in [0.3, 0.4) is 0 Å². The first-order valence-electron chi connectivity index (χ1n) is 11.1. The van der Waals surface area contributed by atoms with Gasteiger partial charge < -0.3 is 10.4 Å². The number of nitrogens with one attached hydrogen (secondary N) is 1. The van der Waals surface area contributed by atoms with E-state index in [1.807, 2.05) is 43.3 Å². The van der Waals surface area contributed by atoms with Gasteiger partial charge in [-0.2, -0.15) is 0 Å². The van der Waals surface area contributed by atoms with Gasteiger partial charge in [-0.3, -0.25) is 9.78 Å². The summed E-state index contributed by atoms with van der Waals surface area (Å²) in [5, 5.41) is 14.0. The van der Waals surface area contributed by atoms with E-state index in [4.69, 9.17) is 11.6 Å². The van der Waals surface area contributed by atoms with Crippen LogP contribution in [0.15, 0.2) is 42.6 Å². The highest BCUT2D eigenvalue weighted by Crippen LogP contribution is 2.49. The molecule has 1 unspecified atom stereocenters. The number of amides is 1. The maximum atomic E-state index is 13.2. The van der Waals surface area contributed by atoms with E-state index < -0.39 is 0 Å². The summed E-state index contributed by atoms with van der Waals surface area (Å²) in [4.78, 5) is 17.5. The van der Waals surface area contributed by atoms with Gasteiger partial charge in [-0.15, -0.1) is 0 Å². The lowest BCUT2D eigenvalue weighted by Crippen LogP contribution is -2.44. The second kappa shape index (κ2) is 9.07. The van der Waals surface area contributed by atoms with Crippen LogP contribution in [0.2, 0.25) is 5.02 Å². The SMILES string of the molecule is C[C@@H]1CC[C@@H]([C@@H](C)C(=O)Nc2ccc(Cl)c(-c3ccccn3)c2)[C@H]2CC(O)CC[C@H]21. The second-order valence-electron chi connectivity index (χ2n) is 9.20. The van der Waals surface area contributed by atoms with Crippen LogP contribution in [0.25, 0.3) is 11.3 Å². The summed E-state index contributed by atoms with van der Waals surface area (Å²) >= 11 is 6.38. The number of pyridine rings is 1. The first kappa shape index (κ1) is 21.3. The predicted octanol–water partition coefficient (Wildman–Crippen LogP) is 5.80. The molecule has 2 aromatic rings. The number of fused-ring (bicyclic) bond motifs is 1. The lowest BCUT2D eigenvalue weighted by Gasteiger charge is -2.47. The number of carbonyl (C=O) groups is 1. The van der Waals surface area contributed by atoms with E-state index in [1.165, 1.54) is 6.42 Å². The van der Waals surface area contributed by atoms with Crippen LogP contribution in [-0.2, 0) is 4.79 Å². The zero-order chi connectivity index (χ0) is 21.3. The molecule has 2 aliphatic carbocycles. The molecule has 2 fully saturated rings. The number of hydrogen-bond donors (Lipinski definition) is 2. The molecule has 4 nitrogen and oxygen atoms in total. The average Bonchev–Trinajstić information content (AvgIpc) is 2.75. The Morgan fingerprint density at radius 1 is 1.17 bits per heavy atom. The summed E-state index contributed by atoms with van der Waals surface area (Å²) in [5.74, 6) is 2.03. The highest BCUT2D eigenvalue weighted by Gasteiger charge is 2.44. The van der Waals surface area contributed by atoms with Crippen LogP contribution in [-0.4, -0.2) is 22.1 Å². The Balaban J connectivity index is 1.50. The molecular formula is C25H31ClN2O2. The molecule has 0 saturated heterocycles. The molecule has 0 bridgehead atoms. The van der Waals surface area contributed by atoms with Crippen molar-refractivity contribution >= 4 is 23.2 Å². The Kier molecular flexibility index (Phi) is 6.45. The fourth-order valence-corrected chi connectivity index (χ4v) is 5.90. The summed E-state index contributed by atoms with van der Waals surface area (Å²) < 4.78 is 0. The summed E-state index contributed by atoms with van der Waals surface area (Å²) in [6.45, 7) is 4.38. The average molecular weight is 427 g/mol. The molecule has 0 spiro atoms. The smallest absolute Gasteiger partial charge is 0.227 e. The molecule has 2 N–H and O–H groups in total. The Hall–Kier alpha value is -1.91. The number of rotatable bonds is 4. The van der Waals surface area contributed by atoms with Gasteiger partial charge in [0.1, 0.15) is 0 Å². The van der Waals surface area contributed by atoms with Crippen LogP contribution < -0.4 is 5.32 Å². The third-order valence-corrected chi connectivity index (χ3v) is 7.72. The van der Waals surface area contributed by atoms with Gasteiger partial charge in [-0.05, 0) is 79.7 Å². The molecule has 160 valence electrons. The minimum absolute atomic E-state index is 0.0441. The molecule has 1 aromatic carbocycles. The fourth-order valence-electron chi connectivity index (χ4n) is 5.68. The van der Waals surface area contributed by atoms with E-state index in [0.29, 0.717) is 28.7 Å². The minimum Gasteiger partial charge on any atom is -0.393 e. The molecule has 1 aromatic heterocycles. The molecule has 1 heterocycles. The second-order valence-corrected chi connectivity index (χ2v) is 9.61. The van der Waals surface area contributed by atoms with Crippen molar-refractivity contribution in [2.45, 2.75) is 52.1 Å². The Morgan fingerprint density at radius 3 is 2.77 bits per heavy atom. The number of benzene rings is 1. The maximum absolute atomic E-state index is 13.2. The Morgan fingerprint density at radius 2 is 2.00 bits per heavy atom. The van der Waals surface area contributed by atoms with Crippen molar-refractivity contribution in [2.75, 3.05) is 5.32 Å². The molecule has 6 atom stereocenters. The van der Waals surface area contributed by atoms with Crippen LogP contribution in [0.5, 0.6) is 0 Å². The molecule has 30 heavy (non-hydrogen) atoms. The topological polar surface area (TPSA) is 62.2 Å². The van der Waals surface area contributed by atoms with Gasteiger partial charge in [-0.1, -0.05) is 37.9 Å². The number of anilines is 1. The molecule has 0 aliphatic heterocycles. The van der Waals surface area contributed by atoms with Crippen molar-refractivity contribution in [1.29, 1.82) is 0 Å². The van der Waals surface area contributed by atoms with Gasteiger partial charge in [0, 0.05) is 23.4 Å². The molecule has 2 saturated carbocycles. The molecule has 5 heteroatoms. The van der Waals surface area contributed by atoms with Crippen molar-refractivity contribution in [3.8, 4) is 11.3 Å². The van der Waals surface area contributed by atoms with Crippen molar-refractivity contribution in [2.24, 2.45) is 29.6 Å². The Labute approximate surface area is 184 Å². The van der Waals surface area contributed by atoms with E-state index in [-0.39, 0.29) is 17.9 Å². The minimum atomic E-state index is -0.216. The number of carbonyl (C=O) groups excluding carboxylic acids is 1. The van der Waals surface area contributed by atoms with Crippen LogP contribution in [0, 0.1) is 29.6 Å². The molecule has 4 rings (SSSR count). The zero-order valence-corrected chi connectivity index (χ0v) is 18.5. The van der Waals surface area contributed by atoms with E-state index in [0.717, 1.165) is 42.6 Å². The van der Waals surface area contributed by atoms with Gasteiger partial charge in [-0.25, -0.2) is 0 Å². The lowest BCUT2D eigenvalue weighted by atomic mass is 9.58. The quantitative estimate of drug-likeness (QED) is 0.649. The predicted molar refractivity (Wildman–Crippen MR) is 121 cm³/mol. The number of aromatic nitrogens is 1. The zero-order valence-electron chi connectivity index (χ0n) is 17.7. The first-order chi connectivity index (χ1) is 14.4. The maximum Gasteiger partial charge on any atom is 0.227 e. The lowest BCUT2D eigenvalue weighted by molar-refractivity contribution is -0.124. The van der Waals surface area contributed by atoms with Gasteiger partial charge in [0.15, 0.2) is 0 Å². The van der Waals surface area contributed by atoms with Gasteiger partial charge >= 0.3 is 0 Å². The van der Waals surface area contributed by atoms with Gasteiger partial charge in [0.05, 0.1) is 16.8 Å². The third kappa shape index (κ3) is 4.40. The number of nitrogens with zero attached hydrogens (tertiary/aromatic N) is 1. The monoisotopic (exact) mass is 426 g/mol. The Bertz CT molecular complexity index is 888. The van der Waals surface area contributed by atoms with E-state index in [9.17, 15) is 9.90 Å². The van der Waals surface area contributed by atoms with Gasteiger partial charge in [0.25, 0.3) is 0 Å². The number of hydrogen-bond acceptors (Lipinski definition) is 3. The number of halogens is 1. The van der Waals surface area contributed by atoms with Crippen molar-refractivity contribution in [3.05, 3.63) is 47.6 Å². The van der Waals surface area contributed by atoms with E-state index >= 15 is 0 Å².